The molecule has 15 heavy (non-hydrogen) atoms. The first kappa shape index (κ1) is 10.1. The van der Waals surface area contributed by atoms with Gasteiger partial charge in [-0.05, 0) is 30.0 Å². The van der Waals surface area contributed by atoms with Crippen molar-refractivity contribution in [1.29, 1.82) is 0 Å². The van der Waals surface area contributed by atoms with Crippen LogP contribution in [0.3, 0.4) is 0 Å². The lowest BCUT2D eigenvalue weighted by Crippen LogP contribution is -2.39. The molecule has 0 amide bonds. The minimum atomic E-state index is -2.24. The van der Waals surface area contributed by atoms with E-state index in [1.165, 1.54) is 12.1 Å². The van der Waals surface area contributed by atoms with Crippen molar-refractivity contribution >= 4 is 5.97 Å². The molecule has 1 aliphatic carbocycles. The summed E-state index contributed by atoms with van der Waals surface area (Å²) in [6.45, 7) is 0. The van der Waals surface area contributed by atoms with Gasteiger partial charge in [-0.3, -0.25) is 0 Å². The number of carboxylic acids is 1. The van der Waals surface area contributed by atoms with Gasteiger partial charge in [0.15, 0.2) is 0 Å². The molecule has 0 aliphatic heterocycles. The van der Waals surface area contributed by atoms with Gasteiger partial charge in [0, 0.05) is 6.42 Å². The third-order valence-electron chi connectivity index (χ3n) is 2.84. The van der Waals surface area contributed by atoms with Crippen LogP contribution in [-0.2, 0) is 17.6 Å². The molecule has 0 fully saturated rings. The van der Waals surface area contributed by atoms with E-state index in [2.05, 4.69) is 0 Å². The highest BCUT2D eigenvalue weighted by Crippen LogP contribution is 2.33. The van der Waals surface area contributed by atoms with Crippen LogP contribution in [0.5, 0.6) is 0 Å². The Labute approximate surface area is 85.5 Å². The van der Waals surface area contributed by atoms with E-state index in [0.29, 0.717) is 11.1 Å². The Morgan fingerprint density at radius 3 is 2.87 bits per heavy atom. The second-order valence-electron chi connectivity index (χ2n) is 3.82. The van der Waals surface area contributed by atoms with Crippen molar-refractivity contribution in [1.82, 2.24) is 0 Å². The number of carboxylic acid groups (broad SMARTS) is 1. The normalized spacial score (nSPS) is 24.7. The molecule has 1 aromatic rings. The average molecular weight is 212 g/mol. The molecule has 2 nitrogen and oxygen atoms in total. The van der Waals surface area contributed by atoms with E-state index in [0.717, 1.165) is 0 Å². The minimum absolute atomic E-state index is 0.144. The maximum atomic E-state index is 13.8. The van der Waals surface area contributed by atoms with Gasteiger partial charge in [0.25, 0.3) is 0 Å². The largest absolute Gasteiger partial charge is 0.479 e. The SMILES string of the molecule is O=C(O)C1(F)CCc2c(F)cccc2C1. The quantitative estimate of drug-likeness (QED) is 0.774. The Morgan fingerprint density at radius 2 is 2.20 bits per heavy atom. The van der Waals surface area contributed by atoms with Gasteiger partial charge in [-0.25, -0.2) is 13.6 Å². The summed E-state index contributed by atoms with van der Waals surface area (Å²) in [4.78, 5) is 10.7. The number of halogens is 2. The Hall–Kier alpha value is -1.45. The van der Waals surface area contributed by atoms with Crippen molar-refractivity contribution < 1.29 is 18.7 Å². The van der Waals surface area contributed by atoms with Crippen molar-refractivity contribution in [3.8, 4) is 0 Å². The zero-order valence-electron chi connectivity index (χ0n) is 7.96. The highest BCUT2D eigenvalue weighted by Gasteiger charge is 2.42. The van der Waals surface area contributed by atoms with Crippen LogP contribution in [0.4, 0.5) is 8.78 Å². The predicted molar refractivity (Wildman–Crippen MR) is 49.9 cm³/mol. The standard InChI is InChI=1S/C11H10F2O2/c12-9-3-1-2-7-6-11(13,10(14)15)5-4-8(7)9/h1-3H,4-6H2,(H,14,15). The second kappa shape index (κ2) is 3.29. The Kier molecular flexibility index (Phi) is 2.21. The molecule has 1 atom stereocenters. The molecule has 2 rings (SSSR count). The van der Waals surface area contributed by atoms with Crippen LogP contribution in [0, 0.1) is 5.82 Å². The van der Waals surface area contributed by atoms with Crippen molar-refractivity contribution in [2.24, 2.45) is 0 Å². The van der Waals surface area contributed by atoms with Gasteiger partial charge in [0.1, 0.15) is 5.82 Å². The molecule has 0 spiro atoms. The van der Waals surface area contributed by atoms with Gasteiger partial charge < -0.3 is 5.11 Å². The Balaban J connectivity index is 2.39. The summed E-state index contributed by atoms with van der Waals surface area (Å²) in [5, 5.41) is 8.72. The zero-order chi connectivity index (χ0) is 11.1. The summed E-state index contributed by atoms with van der Waals surface area (Å²) in [6, 6.07) is 4.36. The number of rotatable bonds is 1. The smallest absolute Gasteiger partial charge is 0.341 e. The maximum Gasteiger partial charge on any atom is 0.341 e. The lowest BCUT2D eigenvalue weighted by molar-refractivity contribution is -0.151. The number of alkyl halides is 1. The van der Waals surface area contributed by atoms with Gasteiger partial charge in [-0.15, -0.1) is 0 Å². The van der Waals surface area contributed by atoms with Crippen molar-refractivity contribution in [3.05, 3.63) is 35.1 Å². The van der Waals surface area contributed by atoms with Crippen LogP contribution in [0.25, 0.3) is 0 Å². The fourth-order valence-electron chi connectivity index (χ4n) is 1.94. The van der Waals surface area contributed by atoms with Crippen LogP contribution >= 0.6 is 0 Å². The first-order valence-electron chi connectivity index (χ1n) is 4.71. The minimum Gasteiger partial charge on any atom is -0.479 e. The van der Waals surface area contributed by atoms with Crippen LogP contribution < -0.4 is 0 Å². The molecular weight excluding hydrogens is 202 g/mol. The molecular formula is C11H10F2O2. The predicted octanol–water partition coefficient (Wildman–Crippen LogP) is 2.11. The third kappa shape index (κ3) is 1.60. The molecule has 80 valence electrons. The average Bonchev–Trinajstić information content (AvgIpc) is 2.17. The van der Waals surface area contributed by atoms with Gasteiger partial charge in [-0.1, -0.05) is 12.1 Å². The number of fused-ring (bicyclic) bond motifs is 1. The number of carbonyl (C=O) groups is 1. The van der Waals surface area contributed by atoms with Crippen LogP contribution in [0.1, 0.15) is 17.5 Å². The van der Waals surface area contributed by atoms with Crippen molar-refractivity contribution in [2.45, 2.75) is 24.9 Å². The van der Waals surface area contributed by atoms with Gasteiger partial charge in [0.2, 0.25) is 5.67 Å². The summed E-state index contributed by atoms with van der Waals surface area (Å²) >= 11 is 0. The summed E-state index contributed by atoms with van der Waals surface area (Å²) in [5.41, 5.74) is -1.32. The molecule has 0 bridgehead atoms. The molecule has 1 unspecified atom stereocenters. The summed E-state index contributed by atoms with van der Waals surface area (Å²) in [6.07, 6.45) is -0.253. The highest BCUT2D eigenvalue weighted by molar-refractivity contribution is 5.78. The molecule has 0 radical (unpaired) electrons. The molecule has 0 heterocycles. The van der Waals surface area contributed by atoms with E-state index in [1.807, 2.05) is 0 Å². The third-order valence-corrected chi connectivity index (χ3v) is 2.84. The van der Waals surface area contributed by atoms with Crippen molar-refractivity contribution in [2.75, 3.05) is 0 Å². The van der Waals surface area contributed by atoms with Crippen LogP contribution in [0.15, 0.2) is 18.2 Å². The summed E-state index contributed by atoms with van der Waals surface area (Å²) < 4.78 is 27.0. The number of hydrogen-bond donors (Lipinski definition) is 1. The molecule has 1 aliphatic rings. The van der Waals surface area contributed by atoms with Crippen molar-refractivity contribution in [3.63, 3.8) is 0 Å². The monoisotopic (exact) mass is 212 g/mol. The van der Waals surface area contributed by atoms with Crippen LogP contribution in [-0.4, -0.2) is 16.7 Å². The number of benzene rings is 1. The van der Waals surface area contributed by atoms with E-state index >= 15 is 0 Å². The first-order valence-corrected chi connectivity index (χ1v) is 4.71. The summed E-state index contributed by atoms with van der Waals surface area (Å²) in [5.74, 6) is -1.84. The molecule has 0 saturated heterocycles. The summed E-state index contributed by atoms with van der Waals surface area (Å²) in [7, 11) is 0. The zero-order valence-corrected chi connectivity index (χ0v) is 7.96. The second-order valence-corrected chi connectivity index (χ2v) is 3.82. The van der Waals surface area contributed by atoms with Crippen LogP contribution in [0.2, 0.25) is 0 Å². The molecule has 1 aromatic carbocycles. The topological polar surface area (TPSA) is 37.3 Å². The van der Waals surface area contributed by atoms with Gasteiger partial charge >= 0.3 is 5.97 Å². The van der Waals surface area contributed by atoms with Gasteiger partial charge in [-0.2, -0.15) is 0 Å². The number of hydrogen-bond acceptors (Lipinski definition) is 1. The lowest BCUT2D eigenvalue weighted by atomic mass is 9.81. The molecule has 1 N–H and O–H groups in total. The molecule has 0 aromatic heterocycles. The lowest BCUT2D eigenvalue weighted by Gasteiger charge is -2.27. The Morgan fingerprint density at radius 1 is 1.47 bits per heavy atom. The number of aliphatic carboxylic acids is 1. The van der Waals surface area contributed by atoms with E-state index in [9.17, 15) is 13.6 Å². The maximum absolute atomic E-state index is 13.8. The fraction of sp³-hybridized carbons (Fsp3) is 0.364. The highest BCUT2D eigenvalue weighted by atomic mass is 19.1. The first-order chi connectivity index (χ1) is 7.03. The van der Waals surface area contributed by atoms with Gasteiger partial charge in [0.05, 0.1) is 0 Å². The fourth-order valence-corrected chi connectivity index (χ4v) is 1.94. The van der Waals surface area contributed by atoms with E-state index in [-0.39, 0.29) is 25.1 Å². The van der Waals surface area contributed by atoms with E-state index < -0.39 is 11.6 Å². The van der Waals surface area contributed by atoms with E-state index in [4.69, 9.17) is 5.11 Å². The Bertz CT molecular complexity index is 417. The molecule has 4 heteroatoms. The van der Waals surface area contributed by atoms with E-state index in [1.54, 1.807) is 6.07 Å². The molecule has 0 saturated carbocycles.